The smallest absolute Gasteiger partial charge is 0.417 e. The van der Waals surface area contributed by atoms with E-state index in [-0.39, 0.29) is 39.7 Å². The first-order valence-electron chi connectivity index (χ1n) is 12.7. The van der Waals surface area contributed by atoms with Gasteiger partial charge >= 0.3 is 12.1 Å². The second-order valence-electron chi connectivity index (χ2n) is 9.41. The van der Waals surface area contributed by atoms with Crippen molar-refractivity contribution in [1.29, 1.82) is 0 Å². The molecule has 13 heteroatoms. The number of hydrogen-bond acceptors (Lipinski definition) is 6. The van der Waals surface area contributed by atoms with E-state index >= 15 is 0 Å². The number of alkyl halides is 3. The molecule has 44 heavy (non-hydrogen) atoms. The highest BCUT2D eigenvalue weighted by Crippen LogP contribution is 2.39. The van der Waals surface area contributed by atoms with Crippen LogP contribution >= 0.6 is 23.2 Å². The lowest BCUT2D eigenvalue weighted by atomic mass is 10.0. The van der Waals surface area contributed by atoms with Gasteiger partial charge in [0.25, 0.3) is 5.91 Å². The highest BCUT2D eigenvalue weighted by Gasteiger charge is 2.37. The number of carbonyl (C=O) groups is 2. The summed E-state index contributed by atoms with van der Waals surface area (Å²) in [5.41, 5.74) is -0.996. The molecular formula is C31H21Cl2F3N2O6. The number of rotatable bonds is 8. The van der Waals surface area contributed by atoms with E-state index in [0.29, 0.717) is 22.4 Å². The van der Waals surface area contributed by atoms with E-state index in [0.717, 1.165) is 16.8 Å². The largest absolute Gasteiger partial charge is 0.497 e. The van der Waals surface area contributed by atoms with Crippen LogP contribution in [0.15, 0.2) is 72.8 Å². The van der Waals surface area contributed by atoms with Crippen LogP contribution in [0.1, 0.15) is 31.8 Å². The molecule has 226 valence electrons. The lowest BCUT2D eigenvalue weighted by molar-refractivity contribution is -0.137. The van der Waals surface area contributed by atoms with Crippen LogP contribution in [-0.2, 0) is 12.8 Å². The number of nitrogens with zero attached hydrogens (tertiary/aromatic N) is 2. The summed E-state index contributed by atoms with van der Waals surface area (Å²) < 4.78 is 59.1. The number of aromatic carboxylic acids is 1. The molecule has 1 heterocycles. The quantitative estimate of drug-likeness (QED) is 0.183. The molecule has 0 unspecified atom stereocenters. The lowest BCUT2D eigenvalue weighted by Gasteiger charge is -2.14. The molecule has 0 bridgehead atoms. The van der Waals surface area contributed by atoms with Crippen molar-refractivity contribution in [2.45, 2.75) is 12.8 Å². The molecule has 5 rings (SSSR count). The molecule has 1 aromatic heterocycles. The maximum atomic E-state index is 13.9. The Kier molecular flexibility index (Phi) is 8.44. The first kappa shape index (κ1) is 30.7. The minimum Gasteiger partial charge on any atom is -0.497 e. The van der Waals surface area contributed by atoms with E-state index in [9.17, 15) is 27.9 Å². The molecule has 0 aliphatic heterocycles. The summed E-state index contributed by atoms with van der Waals surface area (Å²) in [5, 5.41) is 14.2. The van der Waals surface area contributed by atoms with Crippen LogP contribution in [0.25, 0.3) is 22.2 Å². The molecule has 0 saturated carbocycles. The molecule has 0 radical (unpaired) electrons. The van der Waals surface area contributed by atoms with Gasteiger partial charge in [0.1, 0.15) is 29.5 Å². The van der Waals surface area contributed by atoms with Crippen molar-refractivity contribution in [1.82, 2.24) is 9.78 Å². The topological polar surface area (TPSA) is 99.9 Å². The summed E-state index contributed by atoms with van der Waals surface area (Å²) in [7, 11) is 2.98. The number of carbonyl (C=O) groups excluding carboxylic acids is 1. The van der Waals surface area contributed by atoms with Crippen LogP contribution in [0.2, 0.25) is 10.0 Å². The van der Waals surface area contributed by atoms with E-state index in [2.05, 4.69) is 5.10 Å². The zero-order valence-electron chi connectivity index (χ0n) is 22.9. The Hall–Kier alpha value is -4.74. The van der Waals surface area contributed by atoms with Crippen molar-refractivity contribution < 1.29 is 42.1 Å². The minimum atomic E-state index is -4.87. The maximum absolute atomic E-state index is 13.9. The fourth-order valence-electron chi connectivity index (χ4n) is 4.61. The first-order chi connectivity index (χ1) is 20.9. The van der Waals surface area contributed by atoms with Crippen molar-refractivity contribution in [2.24, 2.45) is 0 Å². The maximum Gasteiger partial charge on any atom is 0.417 e. The van der Waals surface area contributed by atoms with Crippen molar-refractivity contribution >= 4 is 46.0 Å². The van der Waals surface area contributed by atoms with Crippen LogP contribution in [0.4, 0.5) is 13.2 Å². The lowest BCUT2D eigenvalue weighted by Crippen LogP contribution is -2.20. The molecule has 1 N–H and O–H groups in total. The molecule has 0 spiro atoms. The molecule has 0 saturated heterocycles. The van der Waals surface area contributed by atoms with E-state index in [1.165, 1.54) is 56.7 Å². The van der Waals surface area contributed by atoms with Crippen LogP contribution in [0, 0.1) is 0 Å². The fraction of sp³-hybridized carbons (Fsp3) is 0.129. The molecule has 4 aromatic carbocycles. The minimum absolute atomic E-state index is 0.0590. The number of halogens is 5. The summed E-state index contributed by atoms with van der Waals surface area (Å²) >= 11 is 12.4. The van der Waals surface area contributed by atoms with E-state index in [4.69, 9.17) is 37.4 Å². The van der Waals surface area contributed by atoms with E-state index in [1.807, 2.05) is 0 Å². The number of carboxylic acid groups (broad SMARTS) is 1. The fourth-order valence-corrected chi connectivity index (χ4v) is 5.04. The third-order valence-corrected chi connectivity index (χ3v) is 7.21. The van der Waals surface area contributed by atoms with Gasteiger partial charge in [-0.3, -0.25) is 4.79 Å². The van der Waals surface area contributed by atoms with Crippen LogP contribution < -0.4 is 14.2 Å². The van der Waals surface area contributed by atoms with Gasteiger partial charge in [-0.15, -0.1) is 0 Å². The molecule has 0 atom stereocenters. The van der Waals surface area contributed by atoms with Gasteiger partial charge in [0, 0.05) is 22.0 Å². The van der Waals surface area contributed by atoms with Gasteiger partial charge < -0.3 is 19.3 Å². The summed E-state index contributed by atoms with van der Waals surface area (Å²) in [6.07, 6.45) is -4.87. The van der Waals surface area contributed by atoms with Crippen LogP contribution in [0.3, 0.4) is 0 Å². The Bertz CT molecular complexity index is 1900. The molecule has 0 aliphatic rings. The number of benzene rings is 4. The predicted octanol–water partition coefficient (Wildman–Crippen LogP) is 8.01. The van der Waals surface area contributed by atoms with Gasteiger partial charge in [-0.25, -0.2) is 4.79 Å². The van der Waals surface area contributed by atoms with Gasteiger partial charge in [-0.2, -0.15) is 23.0 Å². The number of carboxylic acids is 1. The Balaban J connectivity index is 1.67. The van der Waals surface area contributed by atoms with Crippen molar-refractivity contribution in [3.63, 3.8) is 0 Å². The van der Waals surface area contributed by atoms with Gasteiger partial charge in [0.15, 0.2) is 0 Å². The molecule has 8 nitrogen and oxygen atoms in total. The average Bonchev–Trinajstić information content (AvgIpc) is 3.37. The summed E-state index contributed by atoms with van der Waals surface area (Å²) in [5.74, 6) is -1.29. The van der Waals surface area contributed by atoms with Crippen molar-refractivity contribution in [3.8, 4) is 28.5 Å². The number of fused-ring (bicyclic) bond motifs is 1. The number of ether oxygens (including phenoxy) is 3. The Morgan fingerprint density at radius 2 is 1.64 bits per heavy atom. The van der Waals surface area contributed by atoms with Gasteiger partial charge in [-0.1, -0.05) is 29.3 Å². The highest BCUT2D eigenvalue weighted by atomic mass is 35.5. The molecule has 0 amide bonds. The van der Waals surface area contributed by atoms with Gasteiger partial charge in [0.2, 0.25) is 0 Å². The Labute approximate surface area is 258 Å². The zero-order valence-corrected chi connectivity index (χ0v) is 24.4. The average molecular weight is 645 g/mol. The number of methoxy groups -OCH3 is 2. The SMILES string of the molecule is COc1cc(COc2cc(C(=O)O)ccc2-c2nn(C(=O)c3c(Cl)cccc3C(F)(F)F)c3ccc(Cl)cc23)cc(OC)c1. The summed E-state index contributed by atoms with van der Waals surface area (Å²) in [4.78, 5) is 25.5. The molecular weight excluding hydrogens is 624 g/mol. The Morgan fingerprint density at radius 3 is 2.27 bits per heavy atom. The second kappa shape index (κ2) is 12.1. The normalized spacial score (nSPS) is 11.4. The number of hydrogen-bond donors (Lipinski definition) is 1. The van der Waals surface area contributed by atoms with Gasteiger partial charge in [0.05, 0.1) is 41.4 Å². The highest BCUT2D eigenvalue weighted by molar-refractivity contribution is 6.34. The standard InChI is InChI=1S/C31H21Cl2F3N2O6/c1-42-19-10-16(11-20(14-19)43-2)15-44-26-12-17(30(40)41)6-8-21(26)28-22-13-18(32)7-9-25(22)38(37-28)29(39)27-23(31(34,35)36)4-3-5-24(27)33/h3-14H,15H2,1-2H3,(H,40,41). The van der Waals surface area contributed by atoms with Crippen LogP contribution in [-0.4, -0.2) is 41.0 Å². The third-order valence-electron chi connectivity index (χ3n) is 6.66. The molecule has 0 fully saturated rings. The van der Waals surface area contributed by atoms with Gasteiger partial charge in [-0.05, 0) is 66.2 Å². The first-order valence-corrected chi connectivity index (χ1v) is 13.5. The van der Waals surface area contributed by atoms with Crippen molar-refractivity contribution in [2.75, 3.05) is 14.2 Å². The summed E-state index contributed by atoms with van der Waals surface area (Å²) in [6.45, 7) is -0.0590. The summed E-state index contributed by atoms with van der Waals surface area (Å²) in [6, 6.07) is 16.5. The monoisotopic (exact) mass is 644 g/mol. The third kappa shape index (κ3) is 6.01. The van der Waals surface area contributed by atoms with Crippen LogP contribution in [0.5, 0.6) is 17.2 Å². The second-order valence-corrected chi connectivity index (χ2v) is 10.3. The predicted molar refractivity (Wildman–Crippen MR) is 157 cm³/mol. The van der Waals surface area contributed by atoms with Crippen molar-refractivity contribution in [3.05, 3.63) is 105 Å². The number of aromatic nitrogens is 2. The molecule has 5 aromatic rings. The zero-order chi connectivity index (χ0) is 31.8. The van der Waals surface area contributed by atoms with E-state index in [1.54, 1.807) is 18.2 Å². The molecule has 0 aliphatic carbocycles. The Morgan fingerprint density at radius 1 is 0.932 bits per heavy atom. The van der Waals surface area contributed by atoms with E-state index < -0.39 is 34.2 Å².